The summed E-state index contributed by atoms with van der Waals surface area (Å²) < 4.78 is 3.17. The maximum atomic E-state index is 12.8. The second-order valence-corrected chi connectivity index (χ2v) is 6.32. The van der Waals surface area contributed by atoms with E-state index in [0.29, 0.717) is 16.9 Å². The van der Waals surface area contributed by atoms with E-state index in [-0.39, 0.29) is 17.0 Å². The molecule has 0 aliphatic carbocycles. The summed E-state index contributed by atoms with van der Waals surface area (Å²) in [7, 11) is 1.75. The van der Waals surface area contributed by atoms with Crippen molar-refractivity contribution in [3.63, 3.8) is 0 Å². The number of rotatable bonds is 5. The van der Waals surface area contributed by atoms with Gasteiger partial charge >= 0.3 is 0 Å². The van der Waals surface area contributed by atoms with Crippen LogP contribution in [0.4, 0.5) is 5.69 Å². The lowest BCUT2D eigenvalue weighted by molar-refractivity contribution is 0.106. The van der Waals surface area contributed by atoms with Crippen molar-refractivity contribution in [1.82, 2.24) is 9.36 Å². The first-order chi connectivity index (χ1) is 14.4. The van der Waals surface area contributed by atoms with Gasteiger partial charge in [-0.2, -0.15) is 10.4 Å². The molecule has 0 saturated carbocycles. The maximum absolute atomic E-state index is 12.8. The van der Waals surface area contributed by atoms with E-state index in [1.165, 1.54) is 4.68 Å². The van der Waals surface area contributed by atoms with E-state index < -0.39 is 5.78 Å². The van der Waals surface area contributed by atoms with Crippen LogP contribution in [0.3, 0.4) is 0 Å². The maximum Gasteiger partial charge on any atom is 0.296 e. The Balaban J connectivity index is 0.00000155. The molecule has 3 aromatic rings. The Hall–Kier alpha value is -3.92. The Labute approximate surface area is 175 Å². The van der Waals surface area contributed by atoms with Crippen LogP contribution in [0.1, 0.15) is 35.5 Å². The molecule has 0 unspecified atom stereocenters. The van der Waals surface area contributed by atoms with Crippen LogP contribution < -0.4 is 11.0 Å². The minimum atomic E-state index is -0.507. The molecule has 0 aliphatic rings. The molecule has 0 radical (unpaired) electrons. The number of para-hydroxylation sites is 1. The first kappa shape index (κ1) is 22.4. The number of ketones is 1. The van der Waals surface area contributed by atoms with Gasteiger partial charge < -0.3 is 0 Å². The van der Waals surface area contributed by atoms with Crippen LogP contribution in [0.2, 0.25) is 0 Å². The van der Waals surface area contributed by atoms with Gasteiger partial charge in [-0.1, -0.05) is 61.9 Å². The summed E-state index contributed by atoms with van der Waals surface area (Å²) in [5.74, 6) is -0.507. The molecule has 1 N–H and O–H groups in total. The number of nitriles is 1. The molecule has 0 amide bonds. The Morgan fingerprint density at radius 3 is 2.20 bits per heavy atom. The molecule has 154 valence electrons. The molecule has 30 heavy (non-hydrogen) atoms. The van der Waals surface area contributed by atoms with E-state index >= 15 is 0 Å². The van der Waals surface area contributed by atoms with E-state index in [9.17, 15) is 14.9 Å². The molecule has 0 aliphatic heterocycles. The molecule has 0 fully saturated rings. The SMILES string of the molecule is CC.Cc1ccc(C(=O)/C(C#N)=N\Nc2c(C)n(C)n(-c3ccccc3)c2=O)cc1. The lowest BCUT2D eigenvalue weighted by Crippen LogP contribution is -2.21. The number of benzene rings is 2. The molecule has 3 rings (SSSR count). The predicted molar refractivity (Wildman–Crippen MR) is 119 cm³/mol. The number of carbonyl (C=O) groups is 1. The monoisotopic (exact) mass is 403 g/mol. The third-order valence-electron chi connectivity index (χ3n) is 4.47. The molecule has 2 aromatic carbocycles. The molecule has 7 heteroatoms. The molecular formula is C23H25N5O2. The molecule has 0 spiro atoms. The van der Waals surface area contributed by atoms with Crippen molar-refractivity contribution >= 4 is 17.2 Å². The van der Waals surface area contributed by atoms with Gasteiger partial charge in [-0.25, -0.2) is 4.68 Å². The van der Waals surface area contributed by atoms with Crippen molar-refractivity contribution in [3.8, 4) is 11.8 Å². The summed E-state index contributed by atoms with van der Waals surface area (Å²) in [4.78, 5) is 25.3. The van der Waals surface area contributed by atoms with Crippen molar-refractivity contribution in [1.29, 1.82) is 5.26 Å². The minimum absolute atomic E-state index is 0.204. The highest BCUT2D eigenvalue weighted by atomic mass is 16.1. The lowest BCUT2D eigenvalue weighted by Gasteiger charge is -2.07. The summed E-state index contributed by atoms with van der Waals surface area (Å²) in [6.07, 6.45) is 0. The summed E-state index contributed by atoms with van der Waals surface area (Å²) >= 11 is 0. The Morgan fingerprint density at radius 2 is 1.63 bits per heavy atom. The zero-order chi connectivity index (χ0) is 22.3. The van der Waals surface area contributed by atoms with E-state index in [2.05, 4.69) is 10.5 Å². The van der Waals surface area contributed by atoms with Crippen LogP contribution >= 0.6 is 0 Å². The smallest absolute Gasteiger partial charge is 0.286 e. The van der Waals surface area contributed by atoms with Crippen molar-refractivity contribution in [2.24, 2.45) is 12.1 Å². The second-order valence-electron chi connectivity index (χ2n) is 6.32. The molecule has 1 aromatic heterocycles. The molecular weight excluding hydrogens is 378 g/mol. The molecule has 7 nitrogen and oxygen atoms in total. The second kappa shape index (κ2) is 10.0. The van der Waals surface area contributed by atoms with E-state index in [1.54, 1.807) is 49.0 Å². The van der Waals surface area contributed by atoms with Gasteiger partial charge in [-0.05, 0) is 26.0 Å². The van der Waals surface area contributed by atoms with E-state index in [1.807, 2.05) is 51.1 Å². The molecule has 0 bridgehead atoms. The van der Waals surface area contributed by atoms with Crippen LogP contribution in [-0.2, 0) is 7.05 Å². The number of aromatic nitrogens is 2. The minimum Gasteiger partial charge on any atom is -0.286 e. The quantitative estimate of drug-likeness (QED) is 0.396. The van der Waals surface area contributed by atoms with Crippen molar-refractivity contribution in [2.75, 3.05) is 5.43 Å². The third-order valence-corrected chi connectivity index (χ3v) is 4.47. The first-order valence-corrected chi connectivity index (χ1v) is 9.63. The van der Waals surface area contributed by atoms with Crippen LogP contribution in [0.25, 0.3) is 5.69 Å². The lowest BCUT2D eigenvalue weighted by atomic mass is 10.1. The largest absolute Gasteiger partial charge is 0.296 e. The Kier molecular flexibility index (Phi) is 7.48. The van der Waals surface area contributed by atoms with Crippen LogP contribution in [0, 0.1) is 25.2 Å². The summed E-state index contributed by atoms with van der Waals surface area (Å²) in [5.41, 5.74) is 4.86. The van der Waals surface area contributed by atoms with Crippen molar-refractivity contribution in [2.45, 2.75) is 27.7 Å². The molecule has 0 saturated heterocycles. The van der Waals surface area contributed by atoms with Crippen molar-refractivity contribution in [3.05, 3.63) is 81.8 Å². The fourth-order valence-electron chi connectivity index (χ4n) is 2.78. The molecule has 0 atom stereocenters. The highest BCUT2D eigenvalue weighted by molar-refractivity contribution is 6.51. The van der Waals surface area contributed by atoms with Gasteiger partial charge in [0.25, 0.3) is 5.56 Å². The van der Waals surface area contributed by atoms with Gasteiger partial charge in [0.1, 0.15) is 11.8 Å². The normalized spacial score (nSPS) is 10.6. The van der Waals surface area contributed by atoms with Gasteiger partial charge in [0.05, 0.1) is 11.4 Å². The number of nitrogens with zero attached hydrogens (tertiary/aromatic N) is 4. The van der Waals surface area contributed by atoms with Gasteiger partial charge in [-0.3, -0.25) is 19.7 Å². The third kappa shape index (κ3) is 4.55. The number of aryl methyl sites for hydroxylation is 1. The topological polar surface area (TPSA) is 92.2 Å². The van der Waals surface area contributed by atoms with Gasteiger partial charge in [0.2, 0.25) is 11.5 Å². The van der Waals surface area contributed by atoms with Gasteiger partial charge in [0.15, 0.2) is 0 Å². The van der Waals surface area contributed by atoms with Gasteiger partial charge in [0, 0.05) is 12.6 Å². The number of hydrogen-bond donors (Lipinski definition) is 1. The summed E-state index contributed by atoms with van der Waals surface area (Å²) in [5, 5.41) is 13.2. The number of Topliss-reactive ketones (excluding diaryl/α,β-unsaturated/α-hetero) is 1. The molecule has 1 heterocycles. The van der Waals surface area contributed by atoms with Gasteiger partial charge in [-0.15, -0.1) is 0 Å². The highest BCUT2D eigenvalue weighted by Crippen LogP contribution is 2.14. The zero-order valence-electron chi connectivity index (χ0n) is 17.8. The average molecular weight is 403 g/mol. The van der Waals surface area contributed by atoms with E-state index in [0.717, 1.165) is 5.56 Å². The number of hydrazone groups is 1. The van der Waals surface area contributed by atoms with Crippen LogP contribution in [0.5, 0.6) is 0 Å². The van der Waals surface area contributed by atoms with E-state index in [4.69, 9.17) is 0 Å². The summed E-state index contributed by atoms with van der Waals surface area (Å²) in [6.45, 7) is 7.66. The zero-order valence-corrected chi connectivity index (χ0v) is 17.8. The first-order valence-electron chi connectivity index (χ1n) is 9.63. The number of anilines is 1. The fourth-order valence-corrected chi connectivity index (χ4v) is 2.78. The number of carbonyl (C=O) groups excluding carboxylic acids is 1. The van der Waals surface area contributed by atoms with Crippen LogP contribution in [-0.4, -0.2) is 20.9 Å². The Morgan fingerprint density at radius 1 is 1.03 bits per heavy atom. The summed E-state index contributed by atoms with van der Waals surface area (Å²) in [6, 6.07) is 17.8. The van der Waals surface area contributed by atoms with Crippen LogP contribution in [0.15, 0.2) is 64.5 Å². The fraction of sp³-hybridized carbons (Fsp3) is 0.217. The average Bonchev–Trinajstić information content (AvgIpc) is 2.99. The van der Waals surface area contributed by atoms with Crippen molar-refractivity contribution < 1.29 is 4.79 Å². The number of nitrogens with one attached hydrogen (secondary N) is 1. The number of hydrogen-bond acceptors (Lipinski definition) is 5. The predicted octanol–water partition coefficient (Wildman–Crippen LogP) is 3.99. The standard InChI is InChI=1S/C21H19N5O2.C2H6/c1-14-9-11-16(12-10-14)20(27)18(13-22)23-24-19-15(2)25(3)26(21(19)28)17-7-5-4-6-8-17;1-2/h4-12,24H,1-3H3;1-2H3/b23-18-;. The highest BCUT2D eigenvalue weighted by Gasteiger charge is 2.18. The Bertz CT molecular complexity index is 1150.